The van der Waals surface area contributed by atoms with E-state index in [2.05, 4.69) is 23.7 Å². The maximum Gasteiger partial charge on any atom is 0.337 e. The van der Waals surface area contributed by atoms with Gasteiger partial charge in [0.05, 0.1) is 11.3 Å². The fourth-order valence-corrected chi connectivity index (χ4v) is 2.94. The van der Waals surface area contributed by atoms with Crippen molar-refractivity contribution in [3.05, 3.63) is 29.6 Å². The van der Waals surface area contributed by atoms with E-state index in [1.807, 2.05) is 6.07 Å². The van der Waals surface area contributed by atoms with Crippen molar-refractivity contribution in [2.45, 2.75) is 58.5 Å². The van der Waals surface area contributed by atoms with E-state index < -0.39 is 5.97 Å². The molecule has 1 aliphatic carbocycles. The summed E-state index contributed by atoms with van der Waals surface area (Å²) in [7, 11) is 0. The zero-order valence-corrected chi connectivity index (χ0v) is 13.1. The van der Waals surface area contributed by atoms with Crippen LogP contribution in [0.1, 0.15) is 62.0 Å². The lowest BCUT2D eigenvalue weighted by Gasteiger charge is -2.29. The Balaban J connectivity index is 2.00. The predicted molar refractivity (Wildman–Crippen MR) is 83.3 cm³/mol. The van der Waals surface area contributed by atoms with Crippen LogP contribution in [0.15, 0.2) is 18.3 Å². The first-order chi connectivity index (χ1) is 10.1. The number of nitrogens with zero attached hydrogens (tertiary/aromatic N) is 2. The Morgan fingerprint density at radius 1 is 1.38 bits per heavy atom. The molecule has 1 aromatic heterocycles. The van der Waals surface area contributed by atoms with E-state index in [0.717, 1.165) is 18.8 Å². The van der Waals surface area contributed by atoms with Gasteiger partial charge in [-0.25, -0.2) is 4.79 Å². The van der Waals surface area contributed by atoms with Crippen LogP contribution in [0.3, 0.4) is 0 Å². The van der Waals surface area contributed by atoms with E-state index in [1.165, 1.54) is 38.3 Å². The summed E-state index contributed by atoms with van der Waals surface area (Å²) < 4.78 is 0. The van der Waals surface area contributed by atoms with Crippen molar-refractivity contribution in [1.82, 2.24) is 9.88 Å². The lowest BCUT2D eigenvalue weighted by atomic mass is 10.1. The molecule has 0 unspecified atom stereocenters. The van der Waals surface area contributed by atoms with Crippen LogP contribution in [0.4, 0.5) is 0 Å². The summed E-state index contributed by atoms with van der Waals surface area (Å²) in [4.78, 5) is 17.7. The molecule has 1 aromatic rings. The summed E-state index contributed by atoms with van der Waals surface area (Å²) in [5.74, 6) is -0.210. The third kappa shape index (κ3) is 4.81. The van der Waals surface area contributed by atoms with Gasteiger partial charge >= 0.3 is 5.97 Å². The summed E-state index contributed by atoms with van der Waals surface area (Å²) in [6, 6.07) is 4.17. The molecule has 0 radical (unpaired) electrons. The van der Waals surface area contributed by atoms with Crippen LogP contribution < -0.4 is 0 Å². The molecule has 1 N–H and O–H groups in total. The molecule has 0 aromatic carbocycles. The van der Waals surface area contributed by atoms with E-state index in [0.29, 0.717) is 12.0 Å². The van der Waals surface area contributed by atoms with Gasteiger partial charge in [0, 0.05) is 18.8 Å². The Labute approximate surface area is 127 Å². The Hall–Kier alpha value is -1.42. The minimum Gasteiger partial charge on any atom is -0.478 e. The van der Waals surface area contributed by atoms with Crippen LogP contribution in [-0.2, 0) is 6.54 Å². The quantitative estimate of drug-likeness (QED) is 0.834. The van der Waals surface area contributed by atoms with Gasteiger partial charge in [-0.3, -0.25) is 9.88 Å². The van der Waals surface area contributed by atoms with Crippen LogP contribution in [-0.4, -0.2) is 33.5 Å². The first-order valence-electron chi connectivity index (χ1n) is 7.98. The molecular weight excluding hydrogens is 264 g/mol. The van der Waals surface area contributed by atoms with Crippen molar-refractivity contribution < 1.29 is 9.90 Å². The zero-order chi connectivity index (χ0) is 15.2. The van der Waals surface area contributed by atoms with Gasteiger partial charge < -0.3 is 5.11 Å². The molecular formula is C17H26N2O2. The zero-order valence-electron chi connectivity index (χ0n) is 13.1. The number of carboxylic acids is 1. The van der Waals surface area contributed by atoms with Gasteiger partial charge in [0.1, 0.15) is 0 Å². The standard InChI is InChI=1S/C17H26N2O2/c1-13(2)9-10-19(16-5-3-4-6-16)12-15-8-7-14(11-18-15)17(20)21/h7-8,11,13,16H,3-6,9-10,12H2,1-2H3,(H,20,21). The number of hydrogen-bond acceptors (Lipinski definition) is 3. The molecule has 2 rings (SSSR count). The molecule has 4 heteroatoms. The van der Waals surface area contributed by atoms with Crippen molar-refractivity contribution in [3.63, 3.8) is 0 Å². The Morgan fingerprint density at radius 3 is 2.62 bits per heavy atom. The van der Waals surface area contributed by atoms with Crippen LogP contribution >= 0.6 is 0 Å². The van der Waals surface area contributed by atoms with Crippen LogP contribution in [0.25, 0.3) is 0 Å². The maximum absolute atomic E-state index is 10.9. The van der Waals surface area contributed by atoms with E-state index in [9.17, 15) is 4.79 Å². The Morgan fingerprint density at radius 2 is 2.10 bits per heavy atom. The van der Waals surface area contributed by atoms with E-state index in [-0.39, 0.29) is 5.56 Å². The van der Waals surface area contributed by atoms with E-state index in [1.54, 1.807) is 6.07 Å². The average Bonchev–Trinajstić information content (AvgIpc) is 2.97. The first kappa shape index (κ1) is 16.0. The van der Waals surface area contributed by atoms with E-state index >= 15 is 0 Å². The lowest BCUT2D eigenvalue weighted by Crippen LogP contribution is -2.34. The third-order valence-electron chi connectivity index (χ3n) is 4.27. The van der Waals surface area contributed by atoms with Crippen molar-refractivity contribution >= 4 is 5.97 Å². The highest BCUT2D eigenvalue weighted by molar-refractivity contribution is 5.87. The highest BCUT2D eigenvalue weighted by Gasteiger charge is 2.23. The van der Waals surface area contributed by atoms with Crippen molar-refractivity contribution in [2.75, 3.05) is 6.54 Å². The minimum absolute atomic E-state index is 0.258. The smallest absolute Gasteiger partial charge is 0.337 e. The summed E-state index contributed by atoms with van der Waals surface area (Å²) in [6.07, 6.45) is 7.88. The molecule has 0 aliphatic heterocycles. The molecule has 21 heavy (non-hydrogen) atoms. The SMILES string of the molecule is CC(C)CCN(Cc1ccc(C(=O)O)cn1)C1CCCC1. The summed E-state index contributed by atoms with van der Waals surface area (Å²) >= 11 is 0. The second-order valence-corrected chi connectivity index (χ2v) is 6.43. The van der Waals surface area contributed by atoms with Gasteiger partial charge in [-0.05, 0) is 43.9 Å². The highest BCUT2D eigenvalue weighted by atomic mass is 16.4. The van der Waals surface area contributed by atoms with Gasteiger partial charge in [0.25, 0.3) is 0 Å². The summed E-state index contributed by atoms with van der Waals surface area (Å²) in [5, 5.41) is 8.93. The van der Waals surface area contributed by atoms with E-state index in [4.69, 9.17) is 5.11 Å². The molecule has 0 amide bonds. The molecule has 1 aliphatic rings. The lowest BCUT2D eigenvalue weighted by molar-refractivity contribution is 0.0696. The Bertz CT molecular complexity index is 450. The van der Waals surface area contributed by atoms with Crippen LogP contribution in [0, 0.1) is 5.92 Å². The maximum atomic E-state index is 10.9. The van der Waals surface area contributed by atoms with Crippen LogP contribution in [0.2, 0.25) is 0 Å². The summed E-state index contributed by atoms with van der Waals surface area (Å²) in [5.41, 5.74) is 1.23. The van der Waals surface area contributed by atoms with Crippen molar-refractivity contribution in [1.29, 1.82) is 0 Å². The number of hydrogen-bond donors (Lipinski definition) is 1. The van der Waals surface area contributed by atoms with Crippen molar-refractivity contribution in [3.8, 4) is 0 Å². The second kappa shape index (κ2) is 7.55. The third-order valence-corrected chi connectivity index (χ3v) is 4.27. The van der Waals surface area contributed by atoms with Gasteiger partial charge in [0.2, 0.25) is 0 Å². The van der Waals surface area contributed by atoms with Gasteiger partial charge in [-0.15, -0.1) is 0 Å². The second-order valence-electron chi connectivity index (χ2n) is 6.43. The molecule has 1 fully saturated rings. The number of carboxylic acid groups (broad SMARTS) is 1. The molecule has 1 saturated carbocycles. The van der Waals surface area contributed by atoms with Gasteiger partial charge in [-0.2, -0.15) is 0 Å². The van der Waals surface area contributed by atoms with Gasteiger partial charge in [-0.1, -0.05) is 26.7 Å². The van der Waals surface area contributed by atoms with Crippen molar-refractivity contribution in [2.24, 2.45) is 5.92 Å². The molecule has 4 nitrogen and oxygen atoms in total. The normalized spacial score (nSPS) is 16.0. The molecule has 0 saturated heterocycles. The number of aromatic carboxylic acids is 1. The number of aromatic nitrogens is 1. The fourth-order valence-electron chi connectivity index (χ4n) is 2.94. The fraction of sp³-hybridized carbons (Fsp3) is 0.647. The minimum atomic E-state index is -0.915. The average molecular weight is 290 g/mol. The molecule has 0 bridgehead atoms. The summed E-state index contributed by atoms with van der Waals surface area (Å²) in [6.45, 7) is 6.45. The number of carbonyl (C=O) groups is 1. The monoisotopic (exact) mass is 290 g/mol. The number of rotatable bonds is 7. The molecule has 0 atom stereocenters. The highest BCUT2D eigenvalue weighted by Crippen LogP contribution is 2.25. The topological polar surface area (TPSA) is 53.4 Å². The molecule has 1 heterocycles. The van der Waals surface area contributed by atoms with Crippen LogP contribution in [0.5, 0.6) is 0 Å². The van der Waals surface area contributed by atoms with Gasteiger partial charge in [0.15, 0.2) is 0 Å². The molecule has 0 spiro atoms. The first-order valence-corrected chi connectivity index (χ1v) is 7.98. The largest absolute Gasteiger partial charge is 0.478 e. The number of pyridine rings is 1. The predicted octanol–water partition coefficient (Wildman–Crippen LogP) is 3.57. The Kier molecular flexibility index (Phi) is 5.74. The molecule has 116 valence electrons.